The number of hydrogen-bond donors (Lipinski definition) is 0. The third-order valence-corrected chi connectivity index (χ3v) is 3.69. The Hall–Kier alpha value is -2.28. The molecule has 7 heteroatoms. The van der Waals surface area contributed by atoms with E-state index in [1.54, 1.807) is 18.7 Å². The van der Waals surface area contributed by atoms with Gasteiger partial charge in [-0.05, 0) is 13.0 Å². The summed E-state index contributed by atoms with van der Waals surface area (Å²) in [6, 6.07) is 1.84. The first-order valence-corrected chi connectivity index (χ1v) is 7.37. The Morgan fingerprint density at radius 2 is 2.36 bits per heavy atom. The highest BCUT2D eigenvalue weighted by atomic mass is 16.5. The second-order valence-corrected chi connectivity index (χ2v) is 5.28. The molecule has 0 aromatic carbocycles. The molecule has 3 rings (SSSR count). The van der Waals surface area contributed by atoms with Crippen molar-refractivity contribution in [3.05, 3.63) is 42.5 Å². The van der Waals surface area contributed by atoms with E-state index in [-0.39, 0.29) is 12.0 Å². The van der Waals surface area contributed by atoms with Gasteiger partial charge in [-0.1, -0.05) is 0 Å². The van der Waals surface area contributed by atoms with Crippen LogP contribution in [0.3, 0.4) is 0 Å². The quantitative estimate of drug-likeness (QED) is 0.841. The summed E-state index contributed by atoms with van der Waals surface area (Å²) in [5, 5.41) is 0. The lowest BCUT2D eigenvalue weighted by atomic mass is 10.2. The van der Waals surface area contributed by atoms with Gasteiger partial charge in [-0.3, -0.25) is 4.79 Å². The van der Waals surface area contributed by atoms with Crippen molar-refractivity contribution in [2.45, 2.75) is 26.0 Å². The molecule has 2 aromatic rings. The van der Waals surface area contributed by atoms with Gasteiger partial charge in [-0.25, -0.2) is 15.0 Å². The smallest absolute Gasteiger partial charge is 0.224 e. The Morgan fingerprint density at radius 3 is 3.14 bits per heavy atom. The number of nitrogens with zero attached hydrogens (tertiary/aromatic N) is 5. The van der Waals surface area contributed by atoms with Gasteiger partial charge in [0.1, 0.15) is 11.9 Å². The lowest BCUT2D eigenvalue weighted by Crippen LogP contribution is -2.42. The van der Waals surface area contributed by atoms with Crippen molar-refractivity contribution in [3.8, 4) is 0 Å². The lowest BCUT2D eigenvalue weighted by Gasteiger charge is -2.32. The van der Waals surface area contributed by atoms with E-state index in [0.717, 1.165) is 5.69 Å². The van der Waals surface area contributed by atoms with Crippen LogP contribution in [-0.2, 0) is 16.1 Å². The molecule has 3 heterocycles. The van der Waals surface area contributed by atoms with Gasteiger partial charge in [-0.2, -0.15) is 0 Å². The molecule has 2 aromatic heterocycles. The van der Waals surface area contributed by atoms with Crippen LogP contribution < -0.4 is 0 Å². The van der Waals surface area contributed by atoms with Gasteiger partial charge in [0.25, 0.3) is 0 Å². The minimum Gasteiger partial charge on any atom is -0.368 e. The number of morpholine rings is 1. The number of aromatic nitrogens is 4. The molecule has 1 amide bonds. The van der Waals surface area contributed by atoms with Crippen molar-refractivity contribution in [2.75, 3.05) is 19.7 Å². The van der Waals surface area contributed by atoms with Crippen molar-refractivity contribution < 1.29 is 9.53 Å². The fourth-order valence-electron chi connectivity index (χ4n) is 2.51. The fraction of sp³-hybridized carbons (Fsp3) is 0.467. The van der Waals surface area contributed by atoms with Gasteiger partial charge in [0, 0.05) is 38.1 Å². The van der Waals surface area contributed by atoms with Crippen molar-refractivity contribution in [1.29, 1.82) is 0 Å². The van der Waals surface area contributed by atoms with E-state index in [9.17, 15) is 4.79 Å². The second kappa shape index (κ2) is 6.65. The predicted molar refractivity (Wildman–Crippen MR) is 78.9 cm³/mol. The lowest BCUT2D eigenvalue weighted by molar-refractivity contribution is -0.139. The Balaban J connectivity index is 1.59. The van der Waals surface area contributed by atoms with E-state index in [1.165, 1.54) is 0 Å². The SMILES string of the molecule is Cc1nccc([C@H]2CN(C(=O)CCn3ccnc3)CCO2)n1. The summed E-state index contributed by atoms with van der Waals surface area (Å²) >= 11 is 0. The van der Waals surface area contributed by atoms with E-state index < -0.39 is 0 Å². The summed E-state index contributed by atoms with van der Waals surface area (Å²) in [7, 11) is 0. The van der Waals surface area contributed by atoms with Crippen molar-refractivity contribution in [2.24, 2.45) is 0 Å². The molecule has 1 fully saturated rings. The van der Waals surface area contributed by atoms with Crippen LogP contribution in [0, 0.1) is 6.92 Å². The van der Waals surface area contributed by atoms with Crippen molar-refractivity contribution in [1.82, 2.24) is 24.4 Å². The zero-order valence-electron chi connectivity index (χ0n) is 12.6. The number of amides is 1. The van der Waals surface area contributed by atoms with E-state index >= 15 is 0 Å². The molecule has 0 N–H and O–H groups in total. The first-order valence-electron chi connectivity index (χ1n) is 7.37. The monoisotopic (exact) mass is 301 g/mol. The van der Waals surface area contributed by atoms with Crippen LogP contribution in [-0.4, -0.2) is 50.0 Å². The van der Waals surface area contributed by atoms with Crippen LogP contribution >= 0.6 is 0 Å². The molecule has 1 aliphatic rings. The summed E-state index contributed by atoms with van der Waals surface area (Å²) in [5.41, 5.74) is 0.833. The molecule has 0 unspecified atom stereocenters. The highest BCUT2D eigenvalue weighted by Crippen LogP contribution is 2.20. The number of imidazole rings is 1. The predicted octanol–water partition coefficient (Wildman–Crippen LogP) is 0.972. The molecule has 1 saturated heterocycles. The Bertz CT molecular complexity index is 629. The molecule has 116 valence electrons. The maximum Gasteiger partial charge on any atom is 0.224 e. The summed E-state index contributed by atoms with van der Waals surface area (Å²) in [6.45, 7) is 4.20. The molecule has 0 spiro atoms. The Labute approximate surface area is 129 Å². The van der Waals surface area contributed by atoms with Crippen LogP contribution in [0.2, 0.25) is 0 Å². The summed E-state index contributed by atoms with van der Waals surface area (Å²) in [6.07, 6.45) is 7.31. The first-order chi connectivity index (χ1) is 10.7. The van der Waals surface area contributed by atoms with Crippen LogP contribution in [0.1, 0.15) is 24.0 Å². The van der Waals surface area contributed by atoms with Gasteiger partial charge in [0.15, 0.2) is 0 Å². The second-order valence-electron chi connectivity index (χ2n) is 5.28. The summed E-state index contributed by atoms with van der Waals surface area (Å²) < 4.78 is 7.66. The zero-order valence-corrected chi connectivity index (χ0v) is 12.6. The molecule has 0 saturated carbocycles. The minimum absolute atomic E-state index is 0.132. The normalized spacial score (nSPS) is 18.4. The van der Waals surface area contributed by atoms with E-state index in [1.807, 2.05) is 28.7 Å². The van der Waals surface area contributed by atoms with Crippen LogP contribution in [0.25, 0.3) is 0 Å². The summed E-state index contributed by atoms with van der Waals surface area (Å²) in [4.78, 5) is 26.6. The highest BCUT2D eigenvalue weighted by molar-refractivity contribution is 5.76. The van der Waals surface area contributed by atoms with Crippen LogP contribution in [0.4, 0.5) is 0 Å². The Morgan fingerprint density at radius 1 is 1.45 bits per heavy atom. The molecule has 0 bridgehead atoms. The maximum absolute atomic E-state index is 12.3. The van der Waals surface area contributed by atoms with E-state index in [2.05, 4.69) is 15.0 Å². The first kappa shape index (κ1) is 14.6. The number of ether oxygens (including phenoxy) is 1. The van der Waals surface area contributed by atoms with Crippen molar-refractivity contribution >= 4 is 5.91 Å². The molecular formula is C15H19N5O2. The molecule has 0 radical (unpaired) electrons. The van der Waals surface area contributed by atoms with Gasteiger partial charge in [0.05, 0.1) is 25.2 Å². The molecule has 1 aliphatic heterocycles. The number of carbonyl (C=O) groups is 1. The number of rotatable bonds is 4. The minimum atomic E-state index is -0.173. The number of aryl methyl sites for hydroxylation is 2. The van der Waals surface area contributed by atoms with Gasteiger partial charge < -0.3 is 14.2 Å². The molecule has 1 atom stereocenters. The largest absolute Gasteiger partial charge is 0.368 e. The average molecular weight is 301 g/mol. The Kier molecular flexibility index (Phi) is 4.43. The summed E-state index contributed by atoms with van der Waals surface area (Å²) in [5.74, 6) is 0.845. The van der Waals surface area contributed by atoms with Crippen molar-refractivity contribution in [3.63, 3.8) is 0 Å². The third kappa shape index (κ3) is 3.48. The molecule has 0 aliphatic carbocycles. The van der Waals surface area contributed by atoms with E-state index in [0.29, 0.717) is 38.5 Å². The van der Waals surface area contributed by atoms with Gasteiger partial charge in [-0.15, -0.1) is 0 Å². The molecule has 7 nitrogen and oxygen atoms in total. The highest BCUT2D eigenvalue weighted by Gasteiger charge is 2.26. The zero-order chi connectivity index (χ0) is 15.4. The van der Waals surface area contributed by atoms with Crippen LogP contribution in [0.5, 0.6) is 0 Å². The average Bonchev–Trinajstić information content (AvgIpc) is 3.06. The van der Waals surface area contributed by atoms with E-state index in [4.69, 9.17) is 4.74 Å². The van der Waals surface area contributed by atoms with Gasteiger partial charge >= 0.3 is 0 Å². The van der Waals surface area contributed by atoms with Gasteiger partial charge in [0.2, 0.25) is 5.91 Å². The number of carbonyl (C=O) groups excluding carboxylic acids is 1. The third-order valence-electron chi connectivity index (χ3n) is 3.69. The number of hydrogen-bond acceptors (Lipinski definition) is 5. The molecular weight excluding hydrogens is 282 g/mol. The van der Waals surface area contributed by atoms with Crippen LogP contribution in [0.15, 0.2) is 31.0 Å². The topological polar surface area (TPSA) is 73.1 Å². The molecule has 22 heavy (non-hydrogen) atoms. The fourth-order valence-corrected chi connectivity index (χ4v) is 2.51. The standard InChI is InChI=1S/C15H19N5O2/c1-12-17-4-2-13(18-12)14-10-20(8-9-22-14)15(21)3-6-19-7-5-16-11-19/h2,4-5,7,11,14H,3,6,8-10H2,1H3/t14-/m1/s1. The maximum atomic E-state index is 12.3.